The number of halogens is 5. The zero-order valence-corrected chi connectivity index (χ0v) is 27.4. The van der Waals surface area contributed by atoms with Gasteiger partial charge in [0, 0.05) is 56.7 Å². The maximum Gasteiger partial charge on any atom is 0.434 e. The summed E-state index contributed by atoms with van der Waals surface area (Å²) in [5.41, 5.74) is 7.39. The van der Waals surface area contributed by atoms with Gasteiger partial charge in [0.25, 0.3) is 5.91 Å². The monoisotopic (exact) mass is 703 g/mol. The molecule has 3 rings (SSSR count). The van der Waals surface area contributed by atoms with E-state index in [1.54, 1.807) is 20.8 Å². The highest BCUT2D eigenvalue weighted by Gasteiger charge is 2.41. The van der Waals surface area contributed by atoms with Crippen LogP contribution < -0.4 is 21.5 Å². The number of benzene rings is 1. The zero-order valence-electron chi connectivity index (χ0n) is 27.4. The number of aromatic nitrogens is 2. The fraction of sp³-hybridized carbons (Fsp3) is 0.303. The number of methoxy groups -OCH3 is 1. The van der Waals surface area contributed by atoms with Crippen molar-refractivity contribution >= 4 is 35.0 Å². The number of anilines is 2. The van der Waals surface area contributed by atoms with Crippen LogP contribution >= 0.6 is 0 Å². The largest absolute Gasteiger partial charge is 0.453 e. The third-order valence-electron chi connectivity index (χ3n) is 6.15. The zero-order chi connectivity index (χ0) is 37.1. The second-order valence-electron chi connectivity index (χ2n) is 11.2. The van der Waals surface area contributed by atoms with E-state index in [0.717, 1.165) is 36.5 Å². The molecule has 12 nitrogen and oxygen atoms in total. The minimum atomic E-state index is -5.25. The minimum Gasteiger partial charge on any atom is -0.453 e. The van der Waals surface area contributed by atoms with Gasteiger partial charge in [0.2, 0.25) is 0 Å². The van der Waals surface area contributed by atoms with Crippen LogP contribution in [0.25, 0.3) is 0 Å². The number of ether oxygens (including phenoxy) is 3. The molecule has 5 N–H and O–H groups in total. The molecule has 3 aromatic rings. The Morgan fingerprint density at radius 2 is 1.80 bits per heavy atom. The number of aliphatic imine (C=N–C) groups is 1. The molecular formula is C33H34F5N7O5. The number of nitrogen functional groups attached to an aromatic ring is 1. The molecule has 0 saturated carbocycles. The topological polar surface area (TPSA) is 167 Å². The van der Waals surface area contributed by atoms with Gasteiger partial charge in [-0.05, 0) is 51.5 Å². The van der Waals surface area contributed by atoms with Gasteiger partial charge in [0.15, 0.2) is 28.9 Å². The molecule has 0 spiro atoms. The van der Waals surface area contributed by atoms with Crippen molar-refractivity contribution in [1.82, 2.24) is 14.9 Å². The fourth-order valence-electron chi connectivity index (χ4n) is 3.94. The summed E-state index contributed by atoms with van der Waals surface area (Å²) in [7, 11) is 1.53. The lowest BCUT2D eigenvalue weighted by Gasteiger charge is -2.26. The van der Waals surface area contributed by atoms with Gasteiger partial charge in [-0.15, -0.1) is 0 Å². The summed E-state index contributed by atoms with van der Waals surface area (Å²) in [6, 6.07) is 6.34. The van der Waals surface area contributed by atoms with Gasteiger partial charge in [-0.25, -0.2) is 28.5 Å². The van der Waals surface area contributed by atoms with Gasteiger partial charge in [-0.2, -0.15) is 13.2 Å². The summed E-state index contributed by atoms with van der Waals surface area (Å²) < 4.78 is 86.9. The number of hydrogen-bond donors (Lipinski definition) is 3. The van der Waals surface area contributed by atoms with Gasteiger partial charge in [-0.1, -0.05) is 11.8 Å². The van der Waals surface area contributed by atoms with Crippen molar-refractivity contribution in [2.75, 3.05) is 37.9 Å². The van der Waals surface area contributed by atoms with E-state index in [1.165, 1.54) is 24.3 Å². The van der Waals surface area contributed by atoms with Crippen LogP contribution in [0.1, 0.15) is 32.8 Å². The SMILES string of the molecule is COCCCN(CC#Cc1c(Oc2ccc(NC(=O)C(=C/N)/C(=N/c3ncccc3F)C(F)(F)F)cc2F)ccnc1N)C(=O)OC(C)(C)C. The Bertz CT molecular complexity index is 1810. The molecule has 0 aliphatic carbocycles. The van der Waals surface area contributed by atoms with Crippen molar-refractivity contribution in [3.05, 3.63) is 77.8 Å². The first-order valence-electron chi connectivity index (χ1n) is 14.7. The van der Waals surface area contributed by atoms with Crippen LogP contribution in [0.15, 0.2) is 65.6 Å². The van der Waals surface area contributed by atoms with Crippen LogP contribution in [0.5, 0.6) is 11.5 Å². The van der Waals surface area contributed by atoms with Crippen LogP contribution in [-0.2, 0) is 14.3 Å². The first-order chi connectivity index (χ1) is 23.5. The number of carbonyl (C=O) groups excluding carboxylic acids is 2. The predicted molar refractivity (Wildman–Crippen MR) is 175 cm³/mol. The van der Waals surface area contributed by atoms with E-state index in [1.807, 2.05) is 0 Å². The molecule has 0 atom stereocenters. The Hall–Kier alpha value is -5.76. The molecule has 0 aliphatic heterocycles. The summed E-state index contributed by atoms with van der Waals surface area (Å²) in [5, 5.41) is 2.10. The lowest BCUT2D eigenvalue weighted by molar-refractivity contribution is -0.113. The summed E-state index contributed by atoms with van der Waals surface area (Å²) in [4.78, 5) is 37.5. The Morgan fingerprint density at radius 3 is 2.42 bits per heavy atom. The van der Waals surface area contributed by atoms with E-state index in [4.69, 9.17) is 25.7 Å². The molecule has 0 unspecified atom stereocenters. The number of nitrogens with one attached hydrogen (secondary N) is 1. The van der Waals surface area contributed by atoms with Gasteiger partial charge >= 0.3 is 12.3 Å². The van der Waals surface area contributed by atoms with Crippen LogP contribution in [0.2, 0.25) is 0 Å². The lowest BCUT2D eigenvalue weighted by Crippen LogP contribution is -2.38. The third kappa shape index (κ3) is 11.2. The van der Waals surface area contributed by atoms with Crippen molar-refractivity contribution < 1.29 is 45.8 Å². The van der Waals surface area contributed by atoms with Crippen molar-refractivity contribution in [2.45, 2.75) is 39.0 Å². The predicted octanol–water partition coefficient (Wildman–Crippen LogP) is 5.87. The smallest absolute Gasteiger partial charge is 0.434 e. The molecule has 2 amide bonds. The molecule has 0 saturated heterocycles. The van der Waals surface area contributed by atoms with Crippen LogP contribution in [-0.4, -0.2) is 71.2 Å². The van der Waals surface area contributed by atoms with Crippen molar-refractivity contribution in [3.8, 4) is 23.3 Å². The molecule has 0 fully saturated rings. The standard InChI is InChI=1S/C33H34F5N7O5/c1-32(2,3)50-31(47)45(16-7-17-48-4)15-6-8-21-25(12-14-41-28(21)40)49-26-11-10-20(18-24(26)35)43-30(46)22(19-39)27(33(36,37)38)44-29-23(34)9-5-13-42-29/h5,9-14,18-19H,7,15-17,39H2,1-4H3,(H2,40,41)(H,43,46)/b22-19+,44-27-. The molecule has 0 bridgehead atoms. The molecule has 0 aliphatic rings. The van der Waals surface area contributed by atoms with E-state index < -0.39 is 52.5 Å². The molecule has 266 valence electrons. The summed E-state index contributed by atoms with van der Waals surface area (Å²) in [6.07, 6.45) is -2.69. The number of nitrogens with two attached hydrogens (primary N) is 2. The number of alkyl halides is 3. The molecule has 1 aromatic carbocycles. The number of carbonyl (C=O) groups is 2. The second-order valence-corrected chi connectivity index (χ2v) is 11.2. The molecule has 0 radical (unpaired) electrons. The van der Waals surface area contributed by atoms with Crippen LogP contribution in [0.3, 0.4) is 0 Å². The molecule has 2 aromatic heterocycles. The lowest BCUT2D eigenvalue weighted by atomic mass is 10.1. The van der Waals surface area contributed by atoms with Gasteiger partial charge in [0.1, 0.15) is 22.7 Å². The number of pyridine rings is 2. The molecule has 50 heavy (non-hydrogen) atoms. The van der Waals surface area contributed by atoms with E-state index >= 15 is 4.39 Å². The highest BCUT2D eigenvalue weighted by atomic mass is 19.4. The highest BCUT2D eigenvalue weighted by Crippen LogP contribution is 2.31. The number of amides is 2. The van der Waals surface area contributed by atoms with Crippen LogP contribution in [0, 0.1) is 23.5 Å². The normalized spacial score (nSPS) is 12.1. The first kappa shape index (κ1) is 38.7. The van der Waals surface area contributed by atoms with Crippen LogP contribution in [0.4, 0.5) is 44.1 Å². The maximum atomic E-state index is 15.2. The van der Waals surface area contributed by atoms with Gasteiger partial charge in [0.05, 0.1) is 12.1 Å². The van der Waals surface area contributed by atoms with E-state index in [0.29, 0.717) is 19.2 Å². The quantitative estimate of drug-likeness (QED) is 0.0728. The van der Waals surface area contributed by atoms with E-state index in [9.17, 15) is 27.2 Å². The Morgan fingerprint density at radius 1 is 1.06 bits per heavy atom. The number of nitrogens with zero attached hydrogens (tertiary/aromatic N) is 4. The van der Waals surface area contributed by atoms with Gasteiger partial charge < -0.3 is 31.0 Å². The average Bonchev–Trinajstić information content (AvgIpc) is 3.02. The Balaban J connectivity index is 1.82. The molecular weight excluding hydrogens is 669 g/mol. The summed E-state index contributed by atoms with van der Waals surface area (Å²) in [5.74, 6) is 0.615. The summed E-state index contributed by atoms with van der Waals surface area (Å²) >= 11 is 0. The van der Waals surface area contributed by atoms with Crippen molar-refractivity contribution in [2.24, 2.45) is 10.7 Å². The van der Waals surface area contributed by atoms with Crippen molar-refractivity contribution in [3.63, 3.8) is 0 Å². The summed E-state index contributed by atoms with van der Waals surface area (Å²) in [6.45, 7) is 5.80. The Labute approximate surface area is 284 Å². The van der Waals surface area contributed by atoms with Crippen molar-refractivity contribution in [1.29, 1.82) is 0 Å². The maximum absolute atomic E-state index is 15.2. The highest BCUT2D eigenvalue weighted by molar-refractivity contribution is 6.27. The number of hydrogen-bond acceptors (Lipinski definition) is 10. The fourth-order valence-corrected chi connectivity index (χ4v) is 3.94. The van der Waals surface area contributed by atoms with E-state index in [-0.39, 0.29) is 41.7 Å². The Kier molecular flexibility index (Phi) is 13.2. The molecule has 2 heterocycles. The minimum absolute atomic E-state index is 0.00924. The second kappa shape index (κ2) is 17.1. The van der Waals surface area contributed by atoms with E-state index in [2.05, 4.69) is 32.1 Å². The number of rotatable bonds is 11. The van der Waals surface area contributed by atoms with Gasteiger partial charge in [-0.3, -0.25) is 9.69 Å². The first-order valence-corrected chi connectivity index (χ1v) is 14.7. The molecule has 17 heteroatoms. The third-order valence-corrected chi connectivity index (χ3v) is 6.15. The average molecular weight is 704 g/mol.